The van der Waals surface area contributed by atoms with Crippen LogP contribution >= 0.6 is 0 Å². The van der Waals surface area contributed by atoms with Crippen molar-refractivity contribution in [2.24, 2.45) is 11.1 Å². The summed E-state index contributed by atoms with van der Waals surface area (Å²) >= 11 is 0. The lowest BCUT2D eigenvalue weighted by molar-refractivity contribution is 0.0779. The summed E-state index contributed by atoms with van der Waals surface area (Å²) in [4.78, 5) is 13.7. The van der Waals surface area contributed by atoms with Crippen molar-refractivity contribution in [3.63, 3.8) is 0 Å². The van der Waals surface area contributed by atoms with Gasteiger partial charge in [0.1, 0.15) is 4.90 Å². The molecule has 0 radical (unpaired) electrons. The van der Waals surface area contributed by atoms with Gasteiger partial charge in [0.05, 0.1) is 5.69 Å². The number of nitrogens with two attached hydrogens (primary N) is 1. The van der Waals surface area contributed by atoms with Crippen LogP contribution in [0.3, 0.4) is 0 Å². The Morgan fingerprint density at radius 1 is 1.50 bits per heavy atom. The van der Waals surface area contributed by atoms with E-state index in [1.165, 1.54) is 4.90 Å². The maximum absolute atomic E-state index is 12.3. The number of nitrogens with one attached hydrogen (secondary N) is 1. The van der Waals surface area contributed by atoms with E-state index in [2.05, 4.69) is 10.2 Å². The Kier molecular flexibility index (Phi) is 3.88. The van der Waals surface area contributed by atoms with E-state index in [4.69, 9.17) is 5.14 Å². The molecule has 1 saturated carbocycles. The molecule has 1 aromatic rings. The minimum atomic E-state index is -4.00. The molecule has 1 aliphatic carbocycles. The molecule has 112 valence electrons. The van der Waals surface area contributed by atoms with Gasteiger partial charge in [-0.2, -0.15) is 5.10 Å². The van der Waals surface area contributed by atoms with Crippen LogP contribution in [-0.2, 0) is 10.0 Å². The first kappa shape index (κ1) is 15.0. The van der Waals surface area contributed by atoms with Crippen LogP contribution in [0.5, 0.6) is 0 Å². The van der Waals surface area contributed by atoms with Gasteiger partial charge in [0.15, 0.2) is 5.69 Å². The lowest BCUT2D eigenvalue weighted by Gasteiger charge is -2.16. The molecule has 20 heavy (non-hydrogen) atoms. The van der Waals surface area contributed by atoms with Crippen LogP contribution in [0, 0.1) is 5.92 Å². The fraction of sp³-hybridized carbons (Fsp3) is 0.667. The van der Waals surface area contributed by atoms with Gasteiger partial charge in [-0.15, -0.1) is 0 Å². The molecule has 3 N–H and O–H groups in total. The summed E-state index contributed by atoms with van der Waals surface area (Å²) < 4.78 is 23.5. The van der Waals surface area contributed by atoms with Gasteiger partial charge in [0, 0.05) is 13.6 Å². The van der Waals surface area contributed by atoms with Gasteiger partial charge in [0.25, 0.3) is 5.91 Å². The number of hydrogen-bond acceptors (Lipinski definition) is 4. The van der Waals surface area contributed by atoms with Crippen molar-refractivity contribution in [2.75, 3.05) is 13.6 Å². The molecule has 1 aromatic heterocycles. The second kappa shape index (κ2) is 5.17. The van der Waals surface area contributed by atoms with Crippen LogP contribution in [0.2, 0.25) is 0 Å². The zero-order valence-corrected chi connectivity index (χ0v) is 12.7. The van der Waals surface area contributed by atoms with Gasteiger partial charge in [-0.3, -0.25) is 9.89 Å². The highest BCUT2D eigenvalue weighted by Crippen LogP contribution is 2.30. The van der Waals surface area contributed by atoms with Gasteiger partial charge in [-0.05, 0) is 24.7 Å². The number of sulfonamides is 1. The molecule has 0 spiro atoms. The van der Waals surface area contributed by atoms with E-state index in [0.717, 1.165) is 12.8 Å². The number of nitrogens with zero attached hydrogens (tertiary/aromatic N) is 2. The Hall–Kier alpha value is -1.41. The Bertz CT molecular complexity index is 617. The van der Waals surface area contributed by atoms with Crippen LogP contribution < -0.4 is 5.14 Å². The predicted octanol–water partition coefficient (Wildman–Crippen LogP) is 0.663. The number of H-pyrrole nitrogens is 1. The lowest BCUT2D eigenvalue weighted by Crippen LogP contribution is -2.31. The monoisotopic (exact) mass is 300 g/mol. The molecule has 1 aliphatic rings. The molecular formula is C12H20N4O3S. The number of hydrogen-bond donors (Lipinski definition) is 2. The van der Waals surface area contributed by atoms with Crippen LogP contribution in [0.15, 0.2) is 4.90 Å². The molecule has 2 rings (SSSR count). The Labute approximate surface area is 118 Å². The number of aromatic amines is 1. The number of rotatable bonds is 5. The number of carbonyl (C=O) groups excluding carboxylic acids is 1. The average molecular weight is 300 g/mol. The topological polar surface area (TPSA) is 109 Å². The summed E-state index contributed by atoms with van der Waals surface area (Å²) in [6.45, 7) is 4.24. The Morgan fingerprint density at radius 3 is 2.55 bits per heavy atom. The molecule has 7 nitrogen and oxygen atoms in total. The Balaban J connectivity index is 2.38. The molecule has 0 atom stereocenters. The third-order valence-corrected chi connectivity index (χ3v) is 4.37. The van der Waals surface area contributed by atoms with E-state index in [0.29, 0.717) is 18.2 Å². The van der Waals surface area contributed by atoms with Gasteiger partial charge in [-0.25, -0.2) is 13.6 Å². The fourth-order valence-corrected chi connectivity index (χ4v) is 3.11. The van der Waals surface area contributed by atoms with Crippen molar-refractivity contribution in [1.82, 2.24) is 15.1 Å². The maximum atomic E-state index is 12.3. The standard InChI is InChI=1S/C12H20N4O3S/c1-7(2)9-11(20(13,18)19)10(15-14-9)12(17)16(3)6-8-4-5-8/h7-8H,4-6H2,1-3H3,(H,14,15)(H2,13,18,19). The highest BCUT2D eigenvalue weighted by atomic mass is 32.2. The van der Waals surface area contributed by atoms with Crippen molar-refractivity contribution in [1.29, 1.82) is 0 Å². The second-order valence-corrected chi connectivity index (χ2v) is 7.14. The normalized spacial score (nSPS) is 15.7. The van der Waals surface area contributed by atoms with Crippen molar-refractivity contribution in [3.8, 4) is 0 Å². The van der Waals surface area contributed by atoms with E-state index >= 15 is 0 Å². The number of amides is 1. The van der Waals surface area contributed by atoms with Crippen molar-refractivity contribution in [3.05, 3.63) is 11.4 Å². The second-order valence-electron chi connectivity index (χ2n) is 5.64. The van der Waals surface area contributed by atoms with Crippen molar-refractivity contribution < 1.29 is 13.2 Å². The third-order valence-electron chi connectivity index (χ3n) is 3.39. The zero-order chi connectivity index (χ0) is 15.1. The van der Waals surface area contributed by atoms with E-state index in [9.17, 15) is 13.2 Å². The largest absolute Gasteiger partial charge is 0.340 e. The van der Waals surface area contributed by atoms with E-state index in [-0.39, 0.29) is 16.5 Å². The highest BCUT2D eigenvalue weighted by molar-refractivity contribution is 7.89. The molecular weight excluding hydrogens is 280 g/mol. The van der Waals surface area contributed by atoms with Gasteiger partial charge >= 0.3 is 0 Å². The number of aromatic nitrogens is 2. The lowest BCUT2D eigenvalue weighted by atomic mass is 10.1. The highest BCUT2D eigenvalue weighted by Gasteiger charge is 2.32. The summed E-state index contributed by atoms with van der Waals surface area (Å²) in [6.07, 6.45) is 2.22. The fourth-order valence-electron chi connectivity index (χ4n) is 2.12. The summed E-state index contributed by atoms with van der Waals surface area (Å²) in [5, 5.41) is 11.7. The summed E-state index contributed by atoms with van der Waals surface area (Å²) in [5.41, 5.74) is 0.259. The minimum Gasteiger partial charge on any atom is -0.340 e. The summed E-state index contributed by atoms with van der Waals surface area (Å²) in [6, 6.07) is 0. The summed E-state index contributed by atoms with van der Waals surface area (Å²) in [7, 11) is -2.35. The van der Waals surface area contributed by atoms with E-state index < -0.39 is 15.9 Å². The molecule has 0 aliphatic heterocycles. The Morgan fingerprint density at radius 2 is 2.10 bits per heavy atom. The molecule has 1 fully saturated rings. The zero-order valence-electron chi connectivity index (χ0n) is 11.9. The first-order valence-corrected chi connectivity index (χ1v) is 8.13. The van der Waals surface area contributed by atoms with Gasteiger partial charge < -0.3 is 4.90 Å². The molecule has 0 bridgehead atoms. The average Bonchev–Trinajstić information content (AvgIpc) is 3.01. The predicted molar refractivity (Wildman–Crippen MR) is 73.7 cm³/mol. The molecule has 0 aromatic carbocycles. The van der Waals surface area contributed by atoms with Crippen LogP contribution in [-0.4, -0.2) is 43.0 Å². The molecule has 1 heterocycles. The first-order valence-electron chi connectivity index (χ1n) is 6.58. The number of primary sulfonamides is 1. The molecule has 1 amide bonds. The molecule has 8 heteroatoms. The maximum Gasteiger partial charge on any atom is 0.275 e. The number of carbonyl (C=O) groups is 1. The summed E-state index contributed by atoms with van der Waals surface area (Å²) in [5.74, 6) is -0.0133. The SMILES string of the molecule is CC(C)c1[nH]nc(C(=O)N(C)CC2CC2)c1S(N)(=O)=O. The van der Waals surface area contributed by atoms with Crippen LogP contribution in [0.1, 0.15) is 48.8 Å². The third kappa shape index (κ3) is 3.01. The minimum absolute atomic E-state index is 0.112. The quantitative estimate of drug-likeness (QED) is 0.832. The molecule has 0 unspecified atom stereocenters. The van der Waals surface area contributed by atoms with Crippen LogP contribution in [0.25, 0.3) is 0 Å². The van der Waals surface area contributed by atoms with Gasteiger partial charge in [-0.1, -0.05) is 13.8 Å². The molecule has 0 saturated heterocycles. The van der Waals surface area contributed by atoms with E-state index in [1.54, 1.807) is 7.05 Å². The first-order chi connectivity index (χ1) is 9.21. The van der Waals surface area contributed by atoms with E-state index in [1.807, 2.05) is 13.8 Å². The van der Waals surface area contributed by atoms with Gasteiger partial charge in [0.2, 0.25) is 10.0 Å². The van der Waals surface area contributed by atoms with Crippen molar-refractivity contribution in [2.45, 2.75) is 37.5 Å². The van der Waals surface area contributed by atoms with Crippen LogP contribution in [0.4, 0.5) is 0 Å². The smallest absolute Gasteiger partial charge is 0.275 e. The van der Waals surface area contributed by atoms with Crippen molar-refractivity contribution >= 4 is 15.9 Å².